The fourth-order valence-corrected chi connectivity index (χ4v) is 4.03. The van der Waals surface area contributed by atoms with E-state index in [1.807, 2.05) is 53.5 Å². The molecule has 3 nitrogen and oxygen atoms in total. The second kappa shape index (κ2) is 6.59. The van der Waals surface area contributed by atoms with Gasteiger partial charge in [0.05, 0.1) is 21.8 Å². The maximum Gasteiger partial charge on any atom is 0.213 e. The van der Waals surface area contributed by atoms with Gasteiger partial charge in [-0.1, -0.05) is 77.8 Å². The molecule has 0 saturated heterocycles. The molecule has 3 aromatic carbocycles. The summed E-state index contributed by atoms with van der Waals surface area (Å²) in [5, 5.41) is 8.03. The van der Waals surface area contributed by atoms with Crippen molar-refractivity contribution >= 4 is 28.9 Å². The molecule has 2 aliphatic heterocycles. The Bertz CT molecular complexity index is 1040. The van der Waals surface area contributed by atoms with Crippen molar-refractivity contribution in [3.8, 4) is 5.75 Å². The number of ether oxygens (including phenoxy) is 1. The van der Waals surface area contributed by atoms with Crippen LogP contribution in [0.3, 0.4) is 0 Å². The summed E-state index contributed by atoms with van der Waals surface area (Å²) in [4.78, 5) is 0. The molecule has 0 unspecified atom stereocenters. The van der Waals surface area contributed by atoms with Crippen LogP contribution in [0.4, 0.5) is 0 Å². The van der Waals surface area contributed by atoms with Crippen LogP contribution in [0, 0.1) is 0 Å². The minimum absolute atomic E-state index is 0.129. The van der Waals surface area contributed by atoms with Crippen LogP contribution >= 0.6 is 23.2 Å². The molecule has 2 heterocycles. The fourth-order valence-electron chi connectivity index (χ4n) is 3.73. The Hall–Kier alpha value is -2.49. The highest BCUT2D eigenvalue weighted by Crippen LogP contribution is 2.47. The highest BCUT2D eigenvalue weighted by Gasteiger charge is 2.40. The van der Waals surface area contributed by atoms with E-state index >= 15 is 0 Å². The molecule has 3 aromatic rings. The van der Waals surface area contributed by atoms with Gasteiger partial charge in [0.25, 0.3) is 0 Å². The molecule has 0 amide bonds. The Balaban J connectivity index is 1.61. The Labute approximate surface area is 167 Å². The van der Waals surface area contributed by atoms with Gasteiger partial charge >= 0.3 is 0 Å². The molecule has 5 rings (SSSR count). The van der Waals surface area contributed by atoms with Crippen LogP contribution < -0.4 is 4.74 Å². The van der Waals surface area contributed by atoms with Crippen molar-refractivity contribution in [3.63, 3.8) is 0 Å². The molecular formula is C22H16Cl2N2O. The van der Waals surface area contributed by atoms with Gasteiger partial charge in [0.2, 0.25) is 6.23 Å². The number of hydrogen-bond acceptors (Lipinski definition) is 3. The molecule has 0 saturated carbocycles. The summed E-state index contributed by atoms with van der Waals surface area (Å²) < 4.78 is 6.33. The van der Waals surface area contributed by atoms with Gasteiger partial charge < -0.3 is 4.74 Å². The van der Waals surface area contributed by atoms with Gasteiger partial charge in [0, 0.05) is 17.5 Å². The van der Waals surface area contributed by atoms with E-state index in [-0.39, 0.29) is 12.3 Å². The van der Waals surface area contributed by atoms with Gasteiger partial charge in [-0.2, -0.15) is 5.10 Å². The lowest BCUT2D eigenvalue weighted by Gasteiger charge is -2.38. The summed E-state index contributed by atoms with van der Waals surface area (Å²) in [5.41, 5.74) is 4.29. The predicted octanol–water partition coefficient (Wildman–Crippen LogP) is 6.24. The van der Waals surface area contributed by atoms with E-state index in [1.165, 1.54) is 0 Å². The van der Waals surface area contributed by atoms with E-state index in [9.17, 15) is 0 Å². The molecule has 0 N–H and O–H groups in total. The van der Waals surface area contributed by atoms with Gasteiger partial charge in [0.1, 0.15) is 5.75 Å². The molecular weight excluding hydrogens is 379 g/mol. The van der Waals surface area contributed by atoms with Gasteiger partial charge in [-0.15, -0.1) is 0 Å². The van der Waals surface area contributed by atoms with Crippen molar-refractivity contribution in [1.82, 2.24) is 5.01 Å². The molecule has 134 valence electrons. The zero-order valence-corrected chi connectivity index (χ0v) is 15.9. The molecule has 0 fully saturated rings. The van der Waals surface area contributed by atoms with Crippen LogP contribution in [-0.2, 0) is 0 Å². The van der Waals surface area contributed by atoms with E-state index in [2.05, 4.69) is 18.2 Å². The Morgan fingerprint density at radius 1 is 0.889 bits per heavy atom. The van der Waals surface area contributed by atoms with Crippen molar-refractivity contribution in [1.29, 1.82) is 0 Å². The number of para-hydroxylation sites is 1. The summed E-state index contributed by atoms with van der Waals surface area (Å²) in [6, 6.07) is 24.2. The van der Waals surface area contributed by atoms with Gasteiger partial charge in [0.15, 0.2) is 0 Å². The highest BCUT2D eigenvalue weighted by molar-refractivity contribution is 6.42. The van der Waals surface area contributed by atoms with Crippen molar-refractivity contribution in [2.75, 3.05) is 0 Å². The van der Waals surface area contributed by atoms with Crippen molar-refractivity contribution in [2.45, 2.75) is 18.7 Å². The first-order chi connectivity index (χ1) is 13.2. The van der Waals surface area contributed by atoms with E-state index < -0.39 is 0 Å². The van der Waals surface area contributed by atoms with Crippen LogP contribution in [-0.4, -0.2) is 10.7 Å². The number of nitrogens with zero attached hydrogens (tertiary/aromatic N) is 2. The molecule has 5 heteroatoms. The Morgan fingerprint density at radius 3 is 2.48 bits per heavy atom. The van der Waals surface area contributed by atoms with Gasteiger partial charge in [-0.25, -0.2) is 5.01 Å². The predicted molar refractivity (Wildman–Crippen MR) is 108 cm³/mol. The summed E-state index contributed by atoms with van der Waals surface area (Å²) in [6.07, 6.45) is 0.489. The molecule has 0 aromatic heterocycles. The first kappa shape index (κ1) is 16.7. The average molecular weight is 395 g/mol. The van der Waals surface area contributed by atoms with Crippen LogP contribution in [0.1, 0.15) is 35.4 Å². The minimum Gasteiger partial charge on any atom is -0.464 e. The summed E-state index contributed by atoms with van der Waals surface area (Å²) in [6.45, 7) is 0. The van der Waals surface area contributed by atoms with Crippen molar-refractivity contribution < 1.29 is 4.74 Å². The molecule has 2 atom stereocenters. The molecule has 2 aliphatic rings. The SMILES string of the molecule is Clc1ccc([C@@H]2Oc3ccccc3[C@H]3CC(c4ccccc4)=NN32)cc1Cl. The van der Waals surface area contributed by atoms with Crippen molar-refractivity contribution in [2.24, 2.45) is 5.10 Å². The highest BCUT2D eigenvalue weighted by atomic mass is 35.5. The first-order valence-corrected chi connectivity index (χ1v) is 9.58. The van der Waals surface area contributed by atoms with E-state index in [0.29, 0.717) is 10.0 Å². The van der Waals surface area contributed by atoms with E-state index in [1.54, 1.807) is 6.07 Å². The largest absolute Gasteiger partial charge is 0.464 e. The van der Waals surface area contributed by atoms with Crippen molar-refractivity contribution in [3.05, 3.63) is 99.5 Å². The number of halogens is 2. The second-order valence-electron chi connectivity index (χ2n) is 6.69. The fraction of sp³-hybridized carbons (Fsp3) is 0.136. The average Bonchev–Trinajstić information content (AvgIpc) is 3.16. The topological polar surface area (TPSA) is 24.8 Å². The maximum atomic E-state index is 6.33. The Kier molecular flexibility index (Phi) is 4.07. The Morgan fingerprint density at radius 2 is 1.67 bits per heavy atom. The van der Waals surface area contributed by atoms with E-state index in [0.717, 1.165) is 34.6 Å². The van der Waals surface area contributed by atoms with Crippen LogP contribution in [0.25, 0.3) is 0 Å². The molecule has 0 aliphatic carbocycles. The van der Waals surface area contributed by atoms with Gasteiger partial charge in [-0.3, -0.25) is 0 Å². The van der Waals surface area contributed by atoms with Crippen LogP contribution in [0.5, 0.6) is 5.75 Å². The third-order valence-electron chi connectivity index (χ3n) is 5.03. The minimum atomic E-state index is -0.346. The molecule has 27 heavy (non-hydrogen) atoms. The second-order valence-corrected chi connectivity index (χ2v) is 7.51. The first-order valence-electron chi connectivity index (χ1n) is 8.82. The smallest absolute Gasteiger partial charge is 0.213 e. The summed E-state index contributed by atoms with van der Waals surface area (Å²) in [5.74, 6) is 0.888. The standard InChI is InChI=1S/C22H16Cl2N2O/c23-17-11-10-15(12-18(17)24)22-26-20(16-8-4-5-9-21(16)27-22)13-19(25-26)14-6-2-1-3-7-14/h1-12,20,22H,13H2/t20-,22+/m1/s1. The normalized spacial score (nSPS) is 20.5. The van der Waals surface area contributed by atoms with E-state index in [4.69, 9.17) is 33.0 Å². The number of benzene rings is 3. The number of hydrazone groups is 1. The number of fused-ring (bicyclic) bond motifs is 3. The van der Waals surface area contributed by atoms with Crippen LogP contribution in [0.2, 0.25) is 10.0 Å². The lowest BCUT2D eigenvalue weighted by molar-refractivity contribution is -0.0190. The zero-order valence-electron chi connectivity index (χ0n) is 14.3. The number of hydrogen-bond donors (Lipinski definition) is 0. The molecule has 0 bridgehead atoms. The quantitative estimate of drug-likeness (QED) is 0.513. The maximum absolute atomic E-state index is 6.33. The third-order valence-corrected chi connectivity index (χ3v) is 5.77. The summed E-state index contributed by atoms with van der Waals surface area (Å²) in [7, 11) is 0. The molecule has 0 spiro atoms. The summed E-state index contributed by atoms with van der Waals surface area (Å²) >= 11 is 12.4. The van der Waals surface area contributed by atoms with Gasteiger partial charge in [-0.05, 0) is 23.8 Å². The lowest BCUT2D eigenvalue weighted by atomic mass is 9.96. The van der Waals surface area contributed by atoms with Crippen LogP contribution in [0.15, 0.2) is 77.9 Å². The zero-order chi connectivity index (χ0) is 18.4. The lowest BCUT2D eigenvalue weighted by Crippen LogP contribution is -2.33. The third kappa shape index (κ3) is 2.88. The monoisotopic (exact) mass is 394 g/mol. The number of rotatable bonds is 2. The molecule has 0 radical (unpaired) electrons.